The molecule has 190 valence electrons. The molecular formula is C31H33N3O3. The van der Waals surface area contributed by atoms with Gasteiger partial charge in [0.15, 0.2) is 11.7 Å². The molecule has 2 heterocycles. The number of rotatable bonds is 7. The number of likely N-dealkylation sites (N-methyl/N-ethyl adjacent to an activating group) is 1. The van der Waals surface area contributed by atoms with E-state index in [4.69, 9.17) is 14.5 Å². The van der Waals surface area contributed by atoms with Crippen LogP contribution in [0, 0.1) is 11.1 Å². The number of aliphatic imine (C=N–C) groups is 1. The zero-order valence-electron chi connectivity index (χ0n) is 21.8. The van der Waals surface area contributed by atoms with Crippen LogP contribution < -0.4 is 0 Å². The van der Waals surface area contributed by atoms with Crippen LogP contribution in [0.15, 0.2) is 95.8 Å². The molecule has 0 saturated carbocycles. The van der Waals surface area contributed by atoms with E-state index >= 15 is 0 Å². The largest absolute Gasteiger partial charge is 0.625 e. The first-order chi connectivity index (χ1) is 17.9. The van der Waals surface area contributed by atoms with Gasteiger partial charge >= 0.3 is 5.88 Å². The van der Waals surface area contributed by atoms with Gasteiger partial charge in [-0.25, -0.2) is 4.99 Å². The fourth-order valence-electron chi connectivity index (χ4n) is 5.05. The molecule has 0 bridgehead atoms. The average molecular weight is 496 g/mol. The van der Waals surface area contributed by atoms with Crippen LogP contribution in [0.4, 0.5) is 0 Å². The van der Waals surface area contributed by atoms with E-state index in [1.165, 1.54) is 0 Å². The summed E-state index contributed by atoms with van der Waals surface area (Å²) >= 11 is 0. The number of nitrogens with one attached hydrogen (secondary N) is 1. The Balaban J connectivity index is 1.72. The molecule has 1 aliphatic rings. The summed E-state index contributed by atoms with van der Waals surface area (Å²) in [5.74, 6) is 0.990. The Labute approximate surface area is 218 Å². The van der Waals surface area contributed by atoms with Crippen molar-refractivity contribution >= 4 is 22.5 Å². The van der Waals surface area contributed by atoms with Gasteiger partial charge < -0.3 is 19.7 Å². The second-order valence-corrected chi connectivity index (χ2v) is 10.0. The van der Waals surface area contributed by atoms with Gasteiger partial charge in [0, 0.05) is 22.9 Å². The number of H-pyrrole nitrogens is 1. The minimum absolute atomic E-state index is 0.273. The lowest BCUT2D eigenvalue weighted by Gasteiger charge is -2.47. The van der Waals surface area contributed by atoms with Crippen molar-refractivity contribution in [3.05, 3.63) is 107 Å². The van der Waals surface area contributed by atoms with Crippen molar-refractivity contribution in [3.8, 4) is 11.3 Å². The third-order valence-corrected chi connectivity index (χ3v) is 6.83. The summed E-state index contributed by atoms with van der Waals surface area (Å²) in [6.07, 6.45) is 0.618. The van der Waals surface area contributed by atoms with Crippen LogP contribution in [0.5, 0.6) is 0 Å². The van der Waals surface area contributed by atoms with Crippen molar-refractivity contribution in [2.75, 3.05) is 14.2 Å². The number of nitrogens with zero attached hydrogens (tertiary/aromatic N) is 2. The zero-order chi connectivity index (χ0) is 26.0. The number of quaternary nitrogens is 1. The highest BCUT2D eigenvalue weighted by Crippen LogP contribution is 2.43. The molecule has 0 radical (unpaired) electrons. The number of aromatic nitrogens is 1. The van der Waals surface area contributed by atoms with Gasteiger partial charge in [0.05, 0.1) is 19.9 Å². The first-order valence-electron chi connectivity index (χ1n) is 12.7. The van der Waals surface area contributed by atoms with Gasteiger partial charge in [-0.05, 0) is 23.1 Å². The van der Waals surface area contributed by atoms with Gasteiger partial charge in [-0.1, -0.05) is 92.7 Å². The number of aromatic amines is 1. The number of ether oxygens (including phenoxy) is 2. The van der Waals surface area contributed by atoms with Gasteiger partial charge in [-0.2, -0.15) is 0 Å². The Morgan fingerprint density at radius 1 is 0.946 bits per heavy atom. The normalized spacial score (nSPS) is 19.8. The van der Waals surface area contributed by atoms with E-state index in [1.54, 1.807) is 14.2 Å². The molecule has 6 nitrogen and oxygen atoms in total. The fourth-order valence-corrected chi connectivity index (χ4v) is 5.05. The molecule has 0 aliphatic carbocycles. The number of hydrogen-bond donors (Lipinski definition) is 1. The average Bonchev–Trinajstić information content (AvgIpc) is 3.29. The van der Waals surface area contributed by atoms with Gasteiger partial charge in [0.2, 0.25) is 0 Å². The van der Waals surface area contributed by atoms with Gasteiger partial charge in [0.1, 0.15) is 6.61 Å². The maximum Gasteiger partial charge on any atom is 0.319 e. The van der Waals surface area contributed by atoms with Crippen LogP contribution in [0.2, 0.25) is 0 Å². The van der Waals surface area contributed by atoms with Crippen molar-refractivity contribution in [3.63, 3.8) is 0 Å². The molecule has 0 fully saturated rings. The minimum Gasteiger partial charge on any atom is -0.625 e. The zero-order valence-corrected chi connectivity index (χ0v) is 21.8. The SMILES string of the molecule is COC1=C(c2c(-c3ccccc3)[nH]c3ccccc23)N=C(OCc2ccccc2)C(CC(C)C)[N+]1(C)[O-]. The number of fused-ring (bicyclic) bond motifs is 1. The molecule has 37 heavy (non-hydrogen) atoms. The molecule has 1 aliphatic heterocycles. The summed E-state index contributed by atoms with van der Waals surface area (Å²) in [5, 5.41) is 15.4. The summed E-state index contributed by atoms with van der Waals surface area (Å²) in [5.41, 5.74) is 5.21. The first-order valence-corrected chi connectivity index (χ1v) is 12.7. The maximum atomic E-state index is 14.4. The van der Waals surface area contributed by atoms with Crippen molar-refractivity contribution in [1.29, 1.82) is 0 Å². The highest BCUT2D eigenvalue weighted by atomic mass is 16.6. The molecule has 1 N–H and O–H groups in total. The lowest BCUT2D eigenvalue weighted by atomic mass is 9.98. The molecule has 3 aromatic carbocycles. The van der Waals surface area contributed by atoms with Crippen LogP contribution in [-0.4, -0.2) is 35.7 Å². The lowest BCUT2D eigenvalue weighted by Crippen LogP contribution is -2.54. The second kappa shape index (κ2) is 10.2. The number of para-hydroxylation sites is 1. The molecular weight excluding hydrogens is 462 g/mol. The molecule has 6 heteroatoms. The molecule has 2 unspecified atom stereocenters. The Morgan fingerprint density at radius 2 is 1.59 bits per heavy atom. The molecule has 0 spiro atoms. The summed E-state index contributed by atoms with van der Waals surface area (Å²) in [6, 6.07) is 27.6. The van der Waals surface area contributed by atoms with E-state index in [0.717, 1.165) is 33.3 Å². The Morgan fingerprint density at radius 3 is 2.27 bits per heavy atom. The topological polar surface area (TPSA) is 69.7 Å². The smallest absolute Gasteiger partial charge is 0.319 e. The summed E-state index contributed by atoms with van der Waals surface area (Å²) in [4.78, 5) is 8.63. The van der Waals surface area contributed by atoms with E-state index in [-0.39, 0.29) is 11.8 Å². The Bertz CT molecular complexity index is 1440. The number of benzene rings is 3. The quantitative estimate of drug-likeness (QED) is 0.220. The van der Waals surface area contributed by atoms with Crippen LogP contribution >= 0.6 is 0 Å². The molecule has 4 aromatic rings. The van der Waals surface area contributed by atoms with Gasteiger partial charge in [-0.15, -0.1) is 0 Å². The van der Waals surface area contributed by atoms with Crippen molar-refractivity contribution < 1.29 is 14.1 Å². The third kappa shape index (κ3) is 4.78. The van der Waals surface area contributed by atoms with Crippen molar-refractivity contribution in [2.45, 2.75) is 32.9 Å². The minimum atomic E-state index is -0.731. The van der Waals surface area contributed by atoms with Crippen LogP contribution in [0.25, 0.3) is 27.9 Å². The molecule has 0 saturated heterocycles. The number of hydrogen-bond acceptors (Lipinski definition) is 4. The van der Waals surface area contributed by atoms with Crippen LogP contribution in [0.3, 0.4) is 0 Å². The summed E-state index contributed by atoms with van der Waals surface area (Å²) < 4.78 is 11.5. The number of methoxy groups -OCH3 is 1. The molecule has 0 amide bonds. The predicted molar refractivity (Wildman–Crippen MR) is 149 cm³/mol. The number of hydroxylamine groups is 3. The Kier molecular flexibility index (Phi) is 6.87. The fraction of sp³-hybridized carbons (Fsp3) is 0.258. The van der Waals surface area contributed by atoms with Crippen molar-refractivity contribution in [1.82, 2.24) is 4.98 Å². The van der Waals surface area contributed by atoms with Gasteiger partial charge in [-0.3, -0.25) is 4.65 Å². The second-order valence-electron chi connectivity index (χ2n) is 10.0. The first kappa shape index (κ1) is 24.8. The van der Waals surface area contributed by atoms with Gasteiger partial charge in [0.25, 0.3) is 5.90 Å². The van der Waals surface area contributed by atoms with Crippen molar-refractivity contribution in [2.24, 2.45) is 10.9 Å². The Hall–Kier alpha value is -3.87. The van der Waals surface area contributed by atoms with E-state index in [9.17, 15) is 5.21 Å². The molecule has 5 rings (SSSR count). The summed E-state index contributed by atoms with van der Waals surface area (Å²) in [6.45, 7) is 4.55. The van der Waals surface area contributed by atoms with E-state index in [0.29, 0.717) is 24.6 Å². The summed E-state index contributed by atoms with van der Waals surface area (Å²) in [7, 11) is 3.20. The molecule has 1 aromatic heterocycles. The third-order valence-electron chi connectivity index (χ3n) is 6.83. The lowest BCUT2D eigenvalue weighted by molar-refractivity contribution is -0.855. The van der Waals surface area contributed by atoms with Crippen LogP contribution in [0.1, 0.15) is 31.4 Å². The predicted octanol–water partition coefficient (Wildman–Crippen LogP) is 7.10. The monoisotopic (exact) mass is 495 g/mol. The van der Waals surface area contributed by atoms with E-state index in [2.05, 4.69) is 18.8 Å². The van der Waals surface area contributed by atoms with E-state index < -0.39 is 10.7 Å². The highest BCUT2D eigenvalue weighted by molar-refractivity contribution is 6.02. The van der Waals surface area contributed by atoms with Crippen LogP contribution in [-0.2, 0) is 16.1 Å². The maximum absolute atomic E-state index is 14.4. The standard InChI is InChI=1S/C31H33N3O3/c1-21(2)19-26-30(37-20-22-13-7-5-8-14-22)33-29(31(36-4)34(26,3)35)27-24-17-11-12-18-25(24)32-28(27)23-15-9-6-10-16-23/h5-18,21,26,32H,19-20H2,1-4H3. The highest BCUT2D eigenvalue weighted by Gasteiger charge is 2.44. The molecule has 2 atom stereocenters. The van der Waals surface area contributed by atoms with E-state index in [1.807, 2.05) is 84.9 Å².